The number of hydrogen-bond donors (Lipinski definition) is 0. The highest BCUT2D eigenvalue weighted by molar-refractivity contribution is 6.29. The summed E-state index contributed by atoms with van der Waals surface area (Å²) in [5, 5.41) is 11.0. The Balaban J connectivity index is 2.37. The second-order valence-electron chi connectivity index (χ2n) is 3.94. The van der Waals surface area contributed by atoms with Crippen LogP contribution in [0.2, 0.25) is 5.15 Å². The highest BCUT2D eigenvalue weighted by atomic mass is 35.5. The van der Waals surface area contributed by atoms with Gasteiger partial charge in [-0.1, -0.05) is 17.7 Å². The van der Waals surface area contributed by atoms with Crippen LogP contribution in [0, 0.1) is 10.1 Å². The third-order valence-corrected chi connectivity index (χ3v) is 2.85. The van der Waals surface area contributed by atoms with Gasteiger partial charge in [0.05, 0.1) is 24.9 Å². The fourth-order valence-electron chi connectivity index (χ4n) is 1.70. The van der Waals surface area contributed by atoms with Crippen molar-refractivity contribution < 1.29 is 9.66 Å². The molecular formula is C12H10ClN3O4. The lowest BCUT2D eigenvalue weighted by molar-refractivity contribution is -0.385. The Kier molecular flexibility index (Phi) is 3.99. The van der Waals surface area contributed by atoms with Crippen LogP contribution in [0.5, 0.6) is 5.75 Å². The van der Waals surface area contributed by atoms with Crippen LogP contribution in [0.3, 0.4) is 0 Å². The molecule has 8 heteroatoms. The van der Waals surface area contributed by atoms with Crippen molar-refractivity contribution in [1.29, 1.82) is 0 Å². The largest absolute Gasteiger partial charge is 0.490 e. The number of aromatic nitrogens is 2. The van der Waals surface area contributed by atoms with Gasteiger partial charge in [-0.3, -0.25) is 19.5 Å². The molecule has 20 heavy (non-hydrogen) atoms. The molecule has 0 unspecified atom stereocenters. The zero-order valence-corrected chi connectivity index (χ0v) is 11.2. The van der Waals surface area contributed by atoms with Gasteiger partial charge in [0.25, 0.3) is 5.56 Å². The molecule has 0 radical (unpaired) electrons. The molecule has 0 saturated carbocycles. The number of hydrogen-bond acceptors (Lipinski definition) is 5. The molecule has 7 nitrogen and oxygen atoms in total. The third kappa shape index (κ3) is 2.94. The molecule has 0 saturated heterocycles. The Morgan fingerprint density at radius 2 is 2.20 bits per heavy atom. The van der Waals surface area contributed by atoms with Crippen molar-refractivity contribution in [1.82, 2.24) is 9.55 Å². The van der Waals surface area contributed by atoms with Crippen LogP contribution in [0.1, 0.15) is 5.56 Å². The number of halogens is 1. The first-order valence-corrected chi connectivity index (χ1v) is 5.92. The molecule has 0 aliphatic heterocycles. The second kappa shape index (κ2) is 5.70. The fourth-order valence-corrected chi connectivity index (χ4v) is 1.83. The van der Waals surface area contributed by atoms with Crippen LogP contribution in [0.25, 0.3) is 0 Å². The lowest BCUT2D eigenvalue weighted by Gasteiger charge is -2.07. The van der Waals surface area contributed by atoms with Crippen molar-refractivity contribution in [3.05, 3.63) is 61.8 Å². The van der Waals surface area contributed by atoms with Crippen LogP contribution in [0.4, 0.5) is 5.69 Å². The molecule has 2 rings (SSSR count). The molecule has 0 fully saturated rings. The van der Waals surface area contributed by atoms with E-state index in [-0.39, 0.29) is 28.7 Å². The smallest absolute Gasteiger partial charge is 0.311 e. The number of nitro benzene ring substituents is 1. The Morgan fingerprint density at radius 1 is 1.45 bits per heavy atom. The molecule has 1 heterocycles. The van der Waals surface area contributed by atoms with Crippen molar-refractivity contribution in [3.8, 4) is 5.75 Å². The number of rotatable bonds is 4. The van der Waals surface area contributed by atoms with E-state index in [1.165, 1.54) is 36.2 Å². The van der Waals surface area contributed by atoms with E-state index in [4.69, 9.17) is 16.3 Å². The molecule has 2 aromatic rings. The first kappa shape index (κ1) is 14.0. The Bertz CT molecular complexity index is 714. The van der Waals surface area contributed by atoms with Gasteiger partial charge in [-0.05, 0) is 11.6 Å². The zero-order chi connectivity index (χ0) is 14.7. The molecule has 0 amide bonds. The van der Waals surface area contributed by atoms with Gasteiger partial charge < -0.3 is 4.74 Å². The molecule has 0 atom stereocenters. The predicted octanol–water partition coefficient (Wildman–Crippen LogP) is 1.86. The average Bonchev–Trinajstić information content (AvgIpc) is 2.41. The summed E-state index contributed by atoms with van der Waals surface area (Å²) in [4.78, 5) is 25.9. The summed E-state index contributed by atoms with van der Waals surface area (Å²) in [6, 6.07) is 5.67. The number of benzene rings is 1. The highest BCUT2D eigenvalue weighted by Gasteiger charge is 2.15. The van der Waals surface area contributed by atoms with E-state index in [1.54, 1.807) is 6.07 Å². The number of nitrogens with zero attached hydrogens (tertiary/aromatic N) is 3. The van der Waals surface area contributed by atoms with Crippen molar-refractivity contribution in [2.75, 3.05) is 7.11 Å². The molecule has 0 spiro atoms. The average molecular weight is 296 g/mol. The van der Waals surface area contributed by atoms with Gasteiger partial charge in [-0.25, -0.2) is 4.98 Å². The van der Waals surface area contributed by atoms with Crippen molar-refractivity contribution in [2.45, 2.75) is 6.54 Å². The highest BCUT2D eigenvalue weighted by Crippen LogP contribution is 2.27. The summed E-state index contributed by atoms with van der Waals surface area (Å²) in [6.07, 6.45) is 1.29. The van der Waals surface area contributed by atoms with Crippen molar-refractivity contribution in [3.63, 3.8) is 0 Å². The van der Waals surface area contributed by atoms with Gasteiger partial charge in [0, 0.05) is 12.1 Å². The molecule has 0 bridgehead atoms. The van der Waals surface area contributed by atoms with Crippen LogP contribution in [-0.4, -0.2) is 21.6 Å². The molecule has 0 aliphatic carbocycles. The number of methoxy groups -OCH3 is 1. The lowest BCUT2D eigenvalue weighted by Crippen LogP contribution is -2.19. The molecule has 104 valence electrons. The molecule has 0 N–H and O–H groups in total. The van der Waals surface area contributed by atoms with Gasteiger partial charge in [-0.15, -0.1) is 0 Å². The minimum atomic E-state index is -0.536. The van der Waals surface area contributed by atoms with Crippen LogP contribution in [-0.2, 0) is 6.54 Å². The summed E-state index contributed by atoms with van der Waals surface area (Å²) >= 11 is 5.60. The fraction of sp³-hybridized carbons (Fsp3) is 0.167. The molecular weight excluding hydrogens is 286 g/mol. The Hall–Kier alpha value is -2.41. The molecule has 1 aromatic heterocycles. The maximum absolute atomic E-state index is 11.7. The van der Waals surface area contributed by atoms with E-state index in [0.29, 0.717) is 5.56 Å². The van der Waals surface area contributed by atoms with E-state index < -0.39 is 4.92 Å². The monoisotopic (exact) mass is 295 g/mol. The summed E-state index contributed by atoms with van der Waals surface area (Å²) in [5.74, 6) is 0.167. The van der Waals surface area contributed by atoms with E-state index in [9.17, 15) is 14.9 Å². The van der Waals surface area contributed by atoms with Gasteiger partial charge in [-0.2, -0.15) is 0 Å². The van der Waals surface area contributed by atoms with Gasteiger partial charge in [0.2, 0.25) is 0 Å². The predicted molar refractivity (Wildman–Crippen MR) is 72.3 cm³/mol. The maximum atomic E-state index is 11.7. The Morgan fingerprint density at radius 3 is 2.80 bits per heavy atom. The van der Waals surface area contributed by atoms with Gasteiger partial charge in [0.1, 0.15) is 5.15 Å². The Labute approximate surface area is 118 Å². The normalized spacial score (nSPS) is 10.3. The third-order valence-electron chi connectivity index (χ3n) is 2.64. The summed E-state index contributed by atoms with van der Waals surface area (Å²) in [5.41, 5.74) is 0.104. The number of ether oxygens (including phenoxy) is 1. The van der Waals surface area contributed by atoms with Crippen molar-refractivity contribution >= 4 is 17.3 Å². The van der Waals surface area contributed by atoms with Crippen LogP contribution >= 0.6 is 11.6 Å². The molecule has 0 aliphatic rings. The summed E-state index contributed by atoms with van der Waals surface area (Å²) in [6.45, 7) is 0.161. The van der Waals surface area contributed by atoms with Crippen molar-refractivity contribution in [2.24, 2.45) is 0 Å². The van der Waals surface area contributed by atoms with Crippen LogP contribution < -0.4 is 10.3 Å². The first-order chi connectivity index (χ1) is 9.51. The summed E-state index contributed by atoms with van der Waals surface area (Å²) in [7, 11) is 1.36. The standard InChI is InChI=1S/C12H10ClN3O4/c1-20-10-3-2-8(4-9(10)16(18)19)6-15-7-14-11(13)5-12(15)17/h2-5,7H,6H2,1H3. The van der Waals surface area contributed by atoms with Crippen LogP contribution in [0.15, 0.2) is 35.4 Å². The minimum Gasteiger partial charge on any atom is -0.490 e. The number of nitro groups is 1. The second-order valence-corrected chi connectivity index (χ2v) is 4.33. The SMILES string of the molecule is COc1ccc(Cn2cnc(Cl)cc2=O)cc1[N+](=O)[O-]. The zero-order valence-electron chi connectivity index (χ0n) is 10.4. The minimum absolute atomic E-state index is 0.104. The van der Waals surface area contributed by atoms with E-state index in [1.807, 2.05) is 0 Å². The van der Waals surface area contributed by atoms with E-state index in [0.717, 1.165) is 0 Å². The van der Waals surface area contributed by atoms with Gasteiger partial charge in [0.15, 0.2) is 5.75 Å². The van der Waals surface area contributed by atoms with Gasteiger partial charge >= 0.3 is 5.69 Å². The maximum Gasteiger partial charge on any atom is 0.311 e. The quantitative estimate of drug-likeness (QED) is 0.488. The van der Waals surface area contributed by atoms with E-state index in [2.05, 4.69) is 4.98 Å². The summed E-state index contributed by atoms with van der Waals surface area (Å²) < 4.78 is 6.21. The van der Waals surface area contributed by atoms with E-state index >= 15 is 0 Å². The topological polar surface area (TPSA) is 87.3 Å². The lowest BCUT2D eigenvalue weighted by atomic mass is 10.2. The molecule has 1 aromatic carbocycles. The first-order valence-electron chi connectivity index (χ1n) is 5.54.